The van der Waals surface area contributed by atoms with Crippen LogP contribution in [0.4, 0.5) is 18.9 Å². The number of rotatable bonds is 5. The zero-order chi connectivity index (χ0) is 16.2. The van der Waals surface area contributed by atoms with Gasteiger partial charge in [-0.05, 0) is 30.9 Å². The van der Waals surface area contributed by atoms with E-state index in [1.165, 1.54) is 6.07 Å². The maximum absolute atomic E-state index is 12.2. The molecule has 0 aliphatic carbocycles. The number of halogens is 3. The molecule has 0 aromatic heterocycles. The molecule has 2 rings (SSSR count). The molecule has 124 valence electrons. The summed E-state index contributed by atoms with van der Waals surface area (Å²) >= 11 is 0. The molecule has 1 N–H and O–H groups in total. The summed E-state index contributed by atoms with van der Waals surface area (Å²) in [5.41, 5.74) is 0.486. The van der Waals surface area contributed by atoms with Gasteiger partial charge in [-0.15, -0.1) is 0 Å². The first-order valence-electron chi connectivity index (χ1n) is 6.98. The molecule has 1 aromatic rings. The third-order valence-electron chi connectivity index (χ3n) is 3.53. The van der Waals surface area contributed by atoms with Crippen molar-refractivity contribution in [1.82, 2.24) is 0 Å². The van der Waals surface area contributed by atoms with Gasteiger partial charge in [-0.1, -0.05) is 12.1 Å². The van der Waals surface area contributed by atoms with E-state index in [1.54, 1.807) is 18.2 Å². The maximum Gasteiger partial charge on any atom is 0.422 e. The van der Waals surface area contributed by atoms with Crippen molar-refractivity contribution in [2.45, 2.75) is 19.0 Å². The Morgan fingerprint density at radius 3 is 2.45 bits per heavy atom. The lowest BCUT2D eigenvalue weighted by atomic mass is 10.0. The molecule has 1 saturated heterocycles. The molecular weight excluding hydrogens is 319 g/mol. The van der Waals surface area contributed by atoms with E-state index in [0.29, 0.717) is 25.1 Å². The highest BCUT2D eigenvalue weighted by Crippen LogP contribution is 2.27. The van der Waals surface area contributed by atoms with E-state index in [2.05, 4.69) is 5.32 Å². The number of hydrogen-bond donors (Lipinski definition) is 1. The van der Waals surface area contributed by atoms with Crippen LogP contribution in [-0.2, 0) is 9.84 Å². The van der Waals surface area contributed by atoms with Crippen LogP contribution in [-0.4, -0.2) is 39.3 Å². The number of ether oxygens (including phenoxy) is 1. The molecular formula is C14H18F3NO3S. The summed E-state index contributed by atoms with van der Waals surface area (Å²) in [4.78, 5) is 0. The molecule has 0 radical (unpaired) electrons. The van der Waals surface area contributed by atoms with Gasteiger partial charge in [-0.3, -0.25) is 0 Å². The van der Waals surface area contributed by atoms with Crippen molar-refractivity contribution in [3.63, 3.8) is 0 Å². The fourth-order valence-corrected chi connectivity index (χ4v) is 3.88. The van der Waals surface area contributed by atoms with Gasteiger partial charge in [-0.2, -0.15) is 13.2 Å². The number of sulfone groups is 1. The van der Waals surface area contributed by atoms with Crippen molar-refractivity contribution in [2.75, 3.05) is 30.0 Å². The van der Waals surface area contributed by atoms with E-state index in [4.69, 9.17) is 4.74 Å². The number of nitrogens with one attached hydrogen (secondary N) is 1. The zero-order valence-corrected chi connectivity index (χ0v) is 12.7. The van der Waals surface area contributed by atoms with E-state index < -0.39 is 22.6 Å². The lowest BCUT2D eigenvalue weighted by Crippen LogP contribution is -2.27. The van der Waals surface area contributed by atoms with E-state index in [1.807, 2.05) is 0 Å². The van der Waals surface area contributed by atoms with Crippen LogP contribution in [0.5, 0.6) is 5.75 Å². The molecule has 0 spiro atoms. The molecule has 1 fully saturated rings. The highest BCUT2D eigenvalue weighted by atomic mass is 32.2. The zero-order valence-electron chi connectivity index (χ0n) is 11.9. The monoisotopic (exact) mass is 337 g/mol. The van der Waals surface area contributed by atoms with Crippen LogP contribution >= 0.6 is 0 Å². The molecule has 0 amide bonds. The first-order chi connectivity index (χ1) is 10.3. The average molecular weight is 337 g/mol. The quantitative estimate of drug-likeness (QED) is 0.898. The van der Waals surface area contributed by atoms with Gasteiger partial charge in [0.1, 0.15) is 15.6 Å². The van der Waals surface area contributed by atoms with Crippen LogP contribution in [0.3, 0.4) is 0 Å². The second-order valence-electron chi connectivity index (χ2n) is 5.38. The molecule has 0 atom stereocenters. The van der Waals surface area contributed by atoms with Crippen LogP contribution in [0.25, 0.3) is 0 Å². The molecule has 1 aromatic carbocycles. The largest absolute Gasteiger partial charge is 0.482 e. The Kier molecular flexibility index (Phi) is 5.20. The van der Waals surface area contributed by atoms with Crippen LogP contribution < -0.4 is 10.1 Å². The van der Waals surface area contributed by atoms with E-state index in [9.17, 15) is 21.6 Å². The fourth-order valence-electron chi connectivity index (χ4n) is 2.30. The summed E-state index contributed by atoms with van der Waals surface area (Å²) in [5, 5.41) is 3.06. The summed E-state index contributed by atoms with van der Waals surface area (Å²) in [6.45, 7) is -0.824. The molecule has 1 heterocycles. The van der Waals surface area contributed by atoms with Crippen molar-refractivity contribution >= 4 is 15.5 Å². The minimum absolute atomic E-state index is 0.142. The third-order valence-corrected chi connectivity index (χ3v) is 5.25. The highest BCUT2D eigenvalue weighted by molar-refractivity contribution is 7.91. The predicted octanol–water partition coefficient (Wildman–Crippen LogP) is 2.86. The Hall–Kier alpha value is -1.44. The van der Waals surface area contributed by atoms with Gasteiger partial charge in [0.15, 0.2) is 6.61 Å². The van der Waals surface area contributed by atoms with Gasteiger partial charge in [0, 0.05) is 6.54 Å². The Morgan fingerprint density at radius 2 is 1.82 bits per heavy atom. The topological polar surface area (TPSA) is 55.4 Å². The molecule has 8 heteroatoms. The van der Waals surface area contributed by atoms with Crippen molar-refractivity contribution < 1.29 is 26.3 Å². The fraction of sp³-hybridized carbons (Fsp3) is 0.571. The number of hydrogen-bond acceptors (Lipinski definition) is 4. The summed E-state index contributed by atoms with van der Waals surface area (Å²) in [6.07, 6.45) is -3.24. The number of alkyl halides is 3. The van der Waals surface area contributed by atoms with E-state index in [-0.39, 0.29) is 23.2 Å². The van der Waals surface area contributed by atoms with Gasteiger partial charge in [-0.25, -0.2) is 8.42 Å². The van der Waals surface area contributed by atoms with Crippen molar-refractivity contribution in [3.05, 3.63) is 24.3 Å². The first-order valence-corrected chi connectivity index (χ1v) is 8.80. The second kappa shape index (κ2) is 6.76. The lowest BCUT2D eigenvalue weighted by molar-refractivity contribution is -0.153. The molecule has 1 aliphatic rings. The Bertz CT molecular complexity index is 588. The predicted molar refractivity (Wildman–Crippen MR) is 77.9 cm³/mol. The van der Waals surface area contributed by atoms with Gasteiger partial charge in [0.05, 0.1) is 17.2 Å². The highest BCUT2D eigenvalue weighted by Gasteiger charge is 2.29. The maximum atomic E-state index is 12.2. The normalized spacial score (nSPS) is 18.9. The third kappa shape index (κ3) is 5.40. The molecule has 1 aliphatic heterocycles. The number of para-hydroxylation sites is 2. The van der Waals surface area contributed by atoms with Crippen molar-refractivity contribution in [3.8, 4) is 5.75 Å². The number of benzene rings is 1. The molecule has 0 bridgehead atoms. The minimum atomic E-state index is -4.38. The van der Waals surface area contributed by atoms with Crippen LogP contribution in [0.15, 0.2) is 24.3 Å². The first kappa shape index (κ1) is 16.9. The van der Waals surface area contributed by atoms with Gasteiger partial charge in [0.2, 0.25) is 0 Å². The average Bonchev–Trinajstić information content (AvgIpc) is 2.44. The van der Waals surface area contributed by atoms with Crippen LogP contribution in [0.2, 0.25) is 0 Å². The van der Waals surface area contributed by atoms with Gasteiger partial charge >= 0.3 is 6.18 Å². The van der Waals surface area contributed by atoms with E-state index in [0.717, 1.165) is 0 Å². The smallest absolute Gasteiger partial charge is 0.422 e. The Morgan fingerprint density at radius 1 is 1.18 bits per heavy atom. The van der Waals surface area contributed by atoms with Gasteiger partial charge < -0.3 is 10.1 Å². The number of anilines is 1. The summed E-state index contributed by atoms with van der Waals surface area (Å²) in [5.74, 6) is 0.680. The van der Waals surface area contributed by atoms with E-state index >= 15 is 0 Å². The second-order valence-corrected chi connectivity index (χ2v) is 7.68. The molecule has 0 unspecified atom stereocenters. The SMILES string of the molecule is O=S1(=O)CCC(CNc2ccccc2OCC(F)(F)F)CC1. The summed E-state index contributed by atoms with van der Waals surface area (Å²) in [6, 6.07) is 6.42. The standard InChI is InChI=1S/C14H18F3NO3S/c15-14(16,17)10-21-13-4-2-1-3-12(13)18-9-11-5-7-22(19,20)8-6-11/h1-4,11,18H,5-10H2. The van der Waals surface area contributed by atoms with Gasteiger partial charge in [0.25, 0.3) is 0 Å². The lowest BCUT2D eigenvalue weighted by Gasteiger charge is -2.23. The summed E-state index contributed by atoms with van der Waals surface area (Å²) < 4.78 is 64.2. The van der Waals surface area contributed by atoms with Crippen LogP contribution in [0.1, 0.15) is 12.8 Å². The summed E-state index contributed by atoms with van der Waals surface area (Å²) in [7, 11) is -2.91. The Labute approximate surface area is 127 Å². The minimum Gasteiger partial charge on any atom is -0.482 e. The molecule has 0 saturated carbocycles. The van der Waals surface area contributed by atoms with Crippen LogP contribution in [0, 0.1) is 5.92 Å². The van der Waals surface area contributed by atoms with Crippen molar-refractivity contribution in [1.29, 1.82) is 0 Å². The molecule has 4 nitrogen and oxygen atoms in total. The molecule has 22 heavy (non-hydrogen) atoms. The van der Waals surface area contributed by atoms with Crippen molar-refractivity contribution in [2.24, 2.45) is 5.92 Å². The Balaban J connectivity index is 1.90.